The summed E-state index contributed by atoms with van der Waals surface area (Å²) in [5.41, 5.74) is 2.22. The fourth-order valence-electron chi connectivity index (χ4n) is 1.20. The molecule has 0 saturated carbocycles. The van der Waals surface area contributed by atoms with Gasteiger partial charge in [0.15, 0.2) is 0 Å². The number of amides is 1. The Morgan fingerprint density at radius 1 is 0.826 bits per heavy atom. The van der Waals surface area contributed by atoms with Crippen LogP contribution in [0.25, 0.3) is 0 Å². The Morgan fingerprint density at radius 3 is 1.26 bits per heavy atom. The van der Waals surface area contributed by atoms with E-state index in [1.54, 1.807) is 6.92 Å². The molecule has 10 heteroatoms. The van der Waals surface area contributed by atoms with Gasteiger partial charge in [0.25, 0.3) is 0 Å². The number of hydrogen-bond acceptors (Lipinski definition) is 9. The van der Waals surface area contributed by atoms with Crippen LogP contribution in [0.15, 0.2) is 0 Å². The van der Waals surface area contributed by atoms with Crippen molar-refractivity contribution in [2.24, 2.45) is 16.6 Å². The second kappa shape index (κ2) is 13.4. The fraction of sp³-hybridized carbons (Fsp3) is 0.923. The van der Waals surface area contributed by atoms with Crippen molar-refractivity contribution in [3.05, 3.63) is 0 Å². The molecule has 23 heavy (non-hydrogen) atoms. The Bertz CT molecular complexity index is 257. The van der Waals surface area contributed by atoms with Crippen molar-refractivity contribution >= 4 is 6.09 Å². The zero-order valence-corrected chi connectivity index (χ0v) is 13.3. The molecule has 0 rings (SSSR count). The van der Waals surface area contributed by atoms with Crippen molar-refractivity contribution in [1.82, 2.24) is 0 Å². The number of aliphatic hydroxyl groups excluding tert-OH is 6. The summed E-state index contributed by atoms with van der Waals surface area (Å²) in [4.78, 5) is 9.60. The van der Waals surface area contributed by atoms with Crippen molar-refractivity contribution in [2.75, 3.05) is 59.5 Å². The first-order valence-electron chi connectivity index (χ1n) is 7.00. The van der Waals surface area contributed by atoms with E-state index in [2.05, 4.69) is 10.5 Å². The monoisotopic (exact) mass is 343 g/mol. The molecule has 0 atom stereocenters. The first-order chi connectivity index (χ1) is 10.8. The van der Waals surface area contributed by atoms with Gasteiger partial charge in [-0.1, -0.05) is 0 Å². The Balaban J connectivity index is 0. The van der Waals surface area contributed by atoms with Gasteiger partial charge < -0.3 is 45.8 Å². The molecule has 0 spiro atoms. The van der Waals surface area contributed by atoms with Gasteiger partial charge in [0.05, 0.1) is 70.3 Å². The highest BCUT2D eigenvalue weighted by molar-refractivity contribution is 5.64. The molecule has 0 heterocycles. The third-order valence-corrected chi connectivity index (χ3v) is 3.12. The van der Waals surface area contributed by atoms with Crippen LogP contribution in [-0.2, 0) is 9.47 Å². The third kappa shape index (κ3) is 9.66. The number of primary amides is 1. The first-order valence-corrected chi connectivity index (χ1v) is 7.00. The van der Waals surface area contributed by atoms with E-state index in [1.165, 1.54) is 0 Å². The number of aliphatic hydroxyl groups is 6. The van der Waals surface area contributed by atoms with E-state index < -0.39 is 56.6 Å². The van der Waals surface area contributed by atoms with Crippen LogP contribution in [0, 0.1) is 10.8 Å². The van der Waals surface area contributed by atoms with Crippen LogP contribution in [0.4, 0.5) is 4.79 Å². The van der Waals surface area contributed by atoms with E-state index in [0.717, 1.165) is 0 Å². The Hall–Kier alpha value is -1.01. The molecule has 0 aliphatic heterocycles. The summed E-state index contributed by atoms with van der Waals surface area (Å²) in [5.74, 6) is 0. The van der Waals surface area contributed by atoms with E-state index in [0.29, 0.717) is 6.61 Å². The summed E-state index contributed by atoms with van der Waals surface area (Å²) in [6, 6.07) is 0. The van der Waals surface area contributed by atoms with Gasteiger partial charge in [0.1, 0.15) is 0 Å². The molecule has 8 N–H and O–H groups in total. The van der Waals surface area contributed by atoms with E-state index in [9.17, 15) is 4.79 Å². The van der Waals surface area contributed by atoms with Crippen LogP contribution in [0.5, 0.6) is 0 Å². The van der Waals surface area contributed by atoms with Crippen LogP contribution < -0.4 is 5.73 Å². The predicted octanol–water partition coefficient (Wildman–Crippen LogP) is -2.97. The van der Waals surface area contributed by atoms with Gasteiger partial charge in [0, 0.05) is 0 Å². The molecular formula is C13H29NO9. The van der Waals surface area contributed by atoms with Gasteiger partial charge in [0.2, 0.25) is 0 Å². The molecule has 0 aromatic rings. The molecule has 0 unspecified atom stereocenters. The Morgan fingerprint density at radius 2 is 1.13 bits per heavy atom. The van der Waals surface area contributed by atoms with Gasteiger partial charge in [-0.3, -0.25) is 0 Å². The van der Waals surface area contributed by atoms with Crippen molar-refractivity contribution in [2.45, 2.75) is 6.92 Å². The van der Waals surface area contributed by atoms with Crippen molar-refractivity contribution < 1.29 is 44.9 Å². The van der Waals surface area contributed by atoms with Gasteiger partial charge in [-0.25, -0.2) is 4.79 Å². The Labute approximate surface area is 135 Å². The quantitative estimate of drug-likeness (QED) is 0.206. The zero-order chi connectivity index (χ0) is 18.4. The van der Waals surface area contributed by atoms with Crippen molar-refractivity contribution in [1.29, 1.82) is 0 Å². The molecule has 140 valence electrons. The zero-order valence-electron chi connectivity index (χ0n) is 13.3. The van der Waals surface area contributed by atoms with Crippen LogP contribution in [-0.4, -0.2) is 96.2 Å². The van der Waals surface area contributed by atoms with Gasteiger partial charge in [-0.2, -0.15) is 0 Å². The van der Waals surface area contributed by atoms with Crippen molar-refractivity contribution in [3.63, 3.8) is 0 Å². The summed E-state index contributed by atoms with van der Waals surface area (Å²) in [7, 11) is 0. The first kappa shape index (κ1) is 24.2. The number of carbonyl (C=O) groups excluding carboxylic acids is 1. The minimum absolute atomic E-state index is 0.141. The molecule has 0 fully saturated rings. The second-order valence-corrected chi connectivity index (χ2v) is 5.19. The molecule has 0 saturated heterocycles. The summed E-state index contributed by atoms with van der Waals surface area (Å²) < 4.78 is 9.33. The number of hydrogen-bond donors (Lipinski definition) is 7. The number of carbonyl (C=O) groups is 1. The van der Waals surface area contributed by atoms with E-state index >= 15 is 0 Å². The molecule has 0 aromatic carbocycles. The van der Waals surface area contributed by atoms with Crippen LogP contribution >= 0.6 is 0 Å². The maximum absolute atomic E-state index is 9.60. The summed E-state index contributed by atoms with van der Waals surface area (Å²) in [6.07, 6.45) is -0.711. The molecule has 0 aliphatic carbocycles. The molecule has 1 amide bonds. The molecule has 0 aromatic heterocycles. The highest BCUT2D eigenvalue weighted by Crippen LogP contribution is 2.19. The van der Waals surface area contributed by atoms with Crippen LogP contribution in [0.2, 0.25) is 0 Å². The van der Waals surface area contributed by atoms with Gasteiger partial charge >= 0.3 is 6.09 Å². The highest BCUT2D eigenvalue weighted by Gasteiger charge is 2.32. The van der Waals surface area contributed by atoms with E-state index in [4.69, 9.17) is 35.4 Å². The van der Waals surface area contributed by atoms with E-state index in [-0.39, 0.29) is 13.2 Å². The molecule has 10 nitrogen and oxygen atoms in total. The number of ether oxygens (including phenoxy) is 2. The minimum Gasteiger partial charge on any atom is -0.450 e. The van der Waals surface area contributed by atoms with E-state index in [1.807, 2.05) is 0 Å². The lowest BCUT2D eigenvalue weighted by Crippen LogP contribution is -2.43. The molecule has 0 aliphatic rings. The topological polar surface area (TPSA) is 183 Å². The fourth-order valence-corrected chi connectivity index (χ4v) is 1.20. The second-order valence-electron chi connectivity index (χ2n) is 5.19. The maximum Gasteiger partial charge on any atom is 0.404 e. The smallest absolute Gasteiger partial charge is 0.404 e. The number of rotatable bonds is 11. The Kier molecular flexibility index (Phi) is 14.2. The summed E-state index contributed by atoms with van der Waals surface area (Å²) >= 11 is 0. The third-order valence-electron chi connectivity index (χ3n) is 3.12. The predicted molar refractivity (Wildman–Crippen MR) is 79.4 cm³/mol. The molecule has 0 bridgehead atoms. The van der Waals surface area contributed by atoms with Crippen molar-refractivity contribution in [3.8, 4) is 0 Å². The van der Waals surface area contributed by atoms with Crippen LogP contribution in [0.3, 0.4) is 0 Å². The number of nitrogens with two attached hydrogens (primary N) is 1. The molecule has 0 radical (unpaired) electrons. The normalized spacial score (nSPS) is 11.6. The summed E-state index contributed by atoms with van der Waals surface area (Å²) in [6.45, 7) is -0.950. The lowest BCUT2D eigenvalue weighted by atomic mass is 9.91. The largest absolute Gasteiger partial charge is 0.450 e. The lowest BCUT2D eigenvalue weighted by molar-refractivity contribution is -0.103. The summed E-state index contributed by atoms with van der Waals surface area (Å²) in [5, 5.41) is 54.2. The van der Waals surface area contributed by atoms with Gasteiger partial charge in [-0.05, 0) is 6.92 Å². The lowest BCUT2D eigenvalue weighted by Gasteiger charge is -2.31. The standard InChI is InChI=1S/C10H22O7.C3H7NO2/c11-1-9(2-12,3-13)7-17-8-10(4-14,5-15)6-16;1-2-6-3(4)5/h11-16H,1-8H2;2H2,1H3,(H2,4,5). The van der Waals surface area contributed by atoms with Crippen LogP contribution in [0.1, 0.15) is 6.92 Å². The molecular weight excluding hydrogens is 314 g/mol. The minimum atomic E-state index is -1.16. The SMILES string of the molecule is CCOC(N)=O.OCC(CO)(CO)COCC(CO)(CO)CO. The average Bonchev–Trinajstić information content (AvgIpc) is 2.57. The van der Waals surface area contributed by atoms with Gasteiger partial charge in [-0.15, -0.1) is 0 Å². The average molecular weight is 343 g/mol. The maximum atomic E-state index is 9.60. The highest BCUT2D eigenvalue weighted by atomic mass is 16.5.